The standard InChI is InChI=1S/C21H31ClO6S/c1-3-26-13-5-7-14(8-6-13)27-16-10-12(4-9-15(16)22)21-20(25)19(24)18(23)17(28-21)11-29-2/h4,9-10,13-14,17-21,23-25H,3,5-8,11H2,1-2H3/t13?,14?,17-,18-,19?,20-,21+/m1/s1. The summed E-state index contributed by atoms with van der Waals surface area (Å²) in [4.78, 5) is 0. The highest BCUT2D eigenvalue weighted by Gasteiger charge is 2.44. The van der Waals surface area contributed by atoms with Gasteiger partial charge in [0.15, 0.2) is 0 Å². The van der Waals surface area contributed by atoms with Crippen LogP contribution >= 0.6 is 23.4 Å². The zero-order valence-corrected chi connectivity index (χ0v) is 18.4. The summed E-state index contributed by atoms with van der Waals surface area (Å²) < 4.78 is 17.8. The topological polar surface area (TPSA) is 88.4 Å². The summed E-state index contributed by atoms with van der Waals surface area (Å²) in [6, 6.07) is 5.25. The third-order valence-electron chi connectivity index (χ3n) is 5.64. The van der Waals surface area contributed by atoms with Crippen molar-refractivity contribution >= 4 is 23.4 Å². The maximum absolute atomic E-state index is 10.5. The number of benzene rings is 1. The van der Waals surface area contributed by atoms with Gasteiger partial charge in [-0.05, 0) is 56.6 Å². The van der Waals surface area contributed by atoms with E-state index in [1.165, 1.54) is 11.8 Å². The molecule has 0 bridgehead atoms. The maximum Gasteiger partial charge on any atom is 0.138 e. The maximum atomic E-state index is 10.5. The molecule has 1 aliphatic carbocycles. The highest BCUT2D eigenvalue weighted by Crippen LogP contribution is 2.37. The first-order valence-electron chi connectivity index (χ1n) is 10.2. The van der Waals surface area contributed by atoms with Gasteiger partial charge in [0, 0.05) is 12.4 Å². The molecule has 0 amide bonds. The van der Waals surface area contributed by atoms with Crippen LogP contribution in [-0.2, 0) is 9.47 Å². The summed E-state index contributed by atoms with van der Waals surface area (Å²) in [6.45, 7) is 2.74. The lowest BCUT2D eigenvalue weighted by atomic mass is 9.91. The number of aliphatic hydroxyl groups is 3. The molecule has 5 atom stereocenters. The van der Waals surface area contributed by atoms with Crippen LogP contribution in [0.1, 0.15) is 44.3 Å². The summed E-state index contributed by atoms with van der Waals surface area (Å²) in [5, 5.41) is 31.4. The van der Waals surface area contributed by atoms with Crippen LogP contribution in [0.15, 0.2) is 18.2 Å². The second-order valence-electron chi connectivity index (χ2n) is 7.68. The van der Waals surface area contributed by atoms with Crippen molar-refractivity contribution in [1.82, 2.24) is 0 Å². The van der Waals surface area contributed by atoms with Gasteiger partial charge in [-0.15, -0.1) is 0 Å². The fourth-order valence-corrected chi connectivity index (χ4v) is 4.81. The van der Waals surface area contributed by atoms with E-state index in [0.29, 0.717) is 28.2 Å². The molecular formula is C21H31ClO6S. The van der Waals surface area contributed by atoms with Gasteiger partial charge in [-0.3, -0.25) is 0 Å². The second kappa shape index (κ2) is 10.7. The minimum atomic E-state index is -1.28. The highest BCUT2D eigenvalue weighted by molar-refractivity contribution is 7.98. The van der Waals surface area contributed by atoms with E-state index >= 15 is 0 Å². The molecule has 1 heterocycles. The summed E-state index contributed by atoms with van der Waals surface area (Å²) in [7, 11) is 0. The number of aliphatic hydroxyl groups excluding tert-OH is 3. The molecule has 3 N–H and O–H groups in total. The Morgan fingerprint density at radius 2 is 1.76 bits per heavy atom. The van der Waals surface area contributed by atoms with Gasteiger partial charge in [0.2, 0.25) is 0 Å². The Morgan fingerprint density at radius 1 is 1.07 bits per heavy atom. The SMILES string of the molecule is CCOC1CCC(Oc2cc([C@@H]3O[C@H](CSC)[C@@H](O)C(O)[C@H]3O)ccc2Cl)CC1. The van der Waals surface area contributed by atoms with Gasteiger partial charge in [-0.25, -0.2) is 0 Å². The minimum absolute atomic E-state index is 0.0632. The van der Waals surface area contributed by atoms with E-state index in [9.17, 15) is 15.3 Å². The molecule has 1 saturated heterocycles. The molecule has 1 saturated carbocycles. The van der Waals surface area contributed by atoms with Crippen molar-refractivity contribution in [1.29, 1.82) is 0 Å². The zero-order valence-electron chi connectivity index (χ0n) is 16.9. The summed E-state index contributed by atoms with van der Waals surface area (Å²) in [6.07, 6.45) is 1.00. The lowest BCUT2D eigenvalue weighted by Gasteiger charge is -2.41. The first-order valence-corrected chi connectivity index (χ1v) is 12.0. The molecule has 1 aliphatic heterocycles. The van der Waals surface area contributed by atoms with Crippen LogP contribution in [0.2, 0.25) is 5.02 Å². The van der Waals surface area contributed by atoms with E-state index in [-0.39, 0.29) is 6.10 Å². The molecule has 29 heavy (non-hydrogen) atoms. The Hall–Kier alpha value is -0.540. The third kappa shape index (κ3) is 5.58. The van der Waals surface area contributed by atoms with Gasteiger partial charge in [0.05, 0.1) is 23.3 Å². The molecule has 8 heteroatoms. The van der Waals surface area contributed by atoms with Gasteiger partial charge >= 0.3 is 0 Å². The van der Waals surface area contributed by atoms with E-state index in [4.69, 9.17) is 25.8 Å². The van der Waals surface area contributed by atoms with Gasteiger partial charge in [-0.2, -0.15) is 11.8 Å². The average molecular weight is 447 g/mol. The molecule has 0 spiro atoms. The summed E-state index contributed by atoms with van der Waals surface area (Å²) in [5.41, 5.74) is 0.664. The molecule has 1 aromatic rings. The molecule has 6 nitrogen and oxygen atoms in total. The third-order valence-corrected chi connectivity index (χ3v) is 6.62. The van der Waals surface area contributed by atoms with E-state index in [0.717, 1.165) is 32.3 Å². The number of halogens is 1. The Bertz CT molecular complexity index is 654. The van der Waals surface area contributed by atoms with Crippen LogP contribution in [-0.4, -0.2) is 70.6 Å². The first kappa shape index (κ1) is 23.1. The van der Waals surface area contributed by atoms with Crippen LogP contribution < -0.4 is 4.74 Å². The van der Waals surface area contributed by atoms with Crippen molar-refractivity contribution in [2.45, 2.75) is 75.3 Å². The molecule has 1 aromatic carbocycles. The Morgan fingerprint density at radius 3 is 2.41 bits per heavy atom. The molecule has 164 valence electrons. The fraction of sp³-hybridized carbons (Fsp3) is 0.714. The molecule has 2 aliphatic rings. The predicted molar refractivity (Wildman–Crippen MR) is 114 cm³/mol. The first-order chi connectivity index (χ1) is 13.9. The second-order valence-corrected chi connectivity index (χ2v) is 9.00. The van der Waals surface area contributed by atoms with Crippen LogP contribution in [0.25, 0.3) is 0 Å². The van der Waals surface area contributed by atoms with E-state index in [1.807, 2.05) is 13.2 Å². The lowest BCUT2D eigenvalue weighted by molar-refractivity contribution is -0.218. The molecule has 0 aromatic heterocycles. The van der Waals surface area contributed by atoms with Crippen LogP contribution in [0.4, 0.5) is 0 Å². The van der Waals surface area contributed by atoms with Gasteiger partial charge in [0.1, 0.15) is 30.2 Å². The Balaban J connectivity index is 1.71. The summed E-state index contributed by atoms with van der Waals surface area (Å²) in [5.74, 6) is 1.06. The molecule has 1 unspecified atom stereocenters. The molecular weight excluding hydrogens is 416 g/mol. The van der Waals surface area contributed by atoms with Crippen molar-refractivity contribution in [2.75, 3.05) is 18.6 Å². The van der Waals surface area contributed by atoms with Crippen molar-refractivity contribution in [3.63, 3.8) is 0 Å². The van der Waals surface area contributed by atoms with Gasteiger partial charge in [0.25, 0.3) is 0 Å². The molecule has 0 radical (unpaired) electrons. The number of ether oxygens (including phenoxy) is 3. The van der Waals surface area contributed by atoms with Crippen molar-refractivity contribution < 1.29 is 29.5 Å². The van der Waals surface area contributed by atoms with Crippen molar-refractivity contribution in [2.24, 2.45) is 0 Å². The monoisotopic (exact) mass is 446 g/mol. The van der Waals surface area contributed by atoms with Crippen molar-refractivity contribution in [3.8, 4) is 5.75 Å². The van der Waals surface area contributed by atoms with Gasteiger partial charge < -0.3 is 29.5 Å². The molecule has 2 fully saturated rings. The minimum Gasteiger partial charge on any atom is -0.489 e. The largest absolute Gasteiger partial charge is 0.489 e. The fourth-order valence-electron chi connectivity index (χ4n) is 4.05. The Kier molecular flexibility index (Phi) is 8.51. The number of thioether (sulfide) groups is 1. The normalized spacial score (nSPS) is 35.4. The summed E-state index contributed by atoms with van der Waals surface area (Å²) >= 11 is 7.86. The number of rotatable bonds is 7. The van der Waals surface area contributed by atoms with Crippen molar-refractivity contribution in [3.05, 3.63) is 28.8 Å². The van der Waals surface area contributed by atoms with Crippen LogP contribution in [0.3, 0.4) is 0 Å². The Labute approximate surface area is 181 Å². The predicted octanol–water partition coefficient (Wildman–Crippen LogP) is 2.95. The molecule has 3 rings (SSSR count). The smallest absolute Gasteiger partial charge is 0.138 e. The van der Waals surface area contributed by atoms with E-state index in [1.54, 1.807) is 18.2 Å². The quantitative estimate of drug-likeness (QED) is 0.593. The van der Waals surface area contributed by atoms with E-state index in [2.05, 4.69) is 0 Å². The van der Waals surface area contributed by atoms with Gasteiger partial charge in [-0.1, -0.05) is 17.7 Å². The highest BCUT2D eigenvalue weighted by atomic mass is 35.5. The average Bonchev–Trinajstić information content (AvgIpc) is 2.72. The number of hydrogen-bond acceptors (Lipinski definition) is 7. The lowest BCUT2D eigenvalue weighted by Crippen LogP contribution is -2.54. The van der Waals surface area contributed by atoms with Crippen LogP contribution in [0, 0.1) is 0 Å². The zero-order chi connectivity index (χ0) is 21.0. The van der Waals surface area contributed by atoms with E-state index < -0.39 is 30.5 Å². The van der Waals surface area contributed by atoms with Crippen LogP contribution in [0.5, 0.6) is 5.75 Å². The number of hydrogen-bond donors (Lipinski definition) is 3.